The van der Waals surface area contributed by atoms with Gasteiger partial charge in [-0.25, -0.2) is 0 Å². The van der Waals surface area contributed by atoms with Crippen LogP contribution in [0.15, 0.2) is 29.3 Å². The summed E-state index contributed by atoms with van der Waals surface area (Å²) in [6.45, 7) is 8.79. The van der Waals surface area contributed by atoms with E-state index in [1.807, 2.05) is 0 Å². The molecule has 0 radical (unpaired) electrons. The zero-order valence-corrected chi connectivity index (χ0v) is 18.3. The van der Waals surface area contributed by atoms with Crippen LogP contribution in [-0.4, -0.2) is 50.3 Å². The van der Waals surface area contributed by atoms with Gasteiger partial charge in [-0.05, 0) is 44.5 Å². The minimum atomic E-state index is -0.0672. The number of ether oxygens (including phenoxy) is 1. The molecule has 1 aliphatic heterocycles. The first-order chi connectivity index (χ1) is 11.5. The van der Waals surface area contributed by atoms with E-state index in [1.165, 1.54) is 11.1 Å². The summed E-state index contributed by atoms with van der Waals surface area (Å²) in [6.07, 6.45) is 2.24. The number of hydrogen-bond acceptors (Lipinski definition) is 3. The third kappa shape index (κ3) is 7.50. The second kappa shape index (κ2) is 11.0. The molecule has 0 saturated carbocycles. The molecule has 1 aromatic carbocycles. The molecule has 1 saturated heterocycles. The van der Waals surface area contributed by atoms with Crippen molar-refractivity contribution in [2.24, 2.45) is 4.99 Å². The van der Waals surface area contributed by atoms with Crippen LogP contribution in [0.5, 0.6) is 0 Å². The lowest BCUT2D eigenvalue weighted by Crippen LogP contribution is -2.45. The fraction of sp³-hybridized carbons (Fsp3) is 0.632. The molecule has 1 aliphatic rings. The highest BCUT2D eigenvalue weighted by molar-refractivity contribution is 14.0. The molecule has 0 amide bonds. The van der Waals surface area contributed by atoms with Crippen LogP contribution in [0.25, 0.3) is 0 Å². The third-order valence-electron chi connectivity index (χ3n) is 4.60. The number of rotatable bonds is 7. The quantitative estimate of drug-likeness (QED) is 0.373. The minimum absolute atomic E-state index is 0. The van der Waals surface area contributed by atoms with Gasteiger partial charge in [0.15, 0.2) is 5.96 Å². The number of aliphatic imine (C=N–C) groups is 1. The maximum absolute atomic E-state index is 5.81. The Morgan fingerprint density at radius 1 is 1.32 bits per heavy atom. The molecule has 1 aromatic rings. The molecule has 6 heteroatoms. The van der Waals surface area contributed by atoms with Gasteiger partial charge in [0.05, 0.1) is 5.60 Å². The summed E-state index contributed by atoms with van der Waals surface area (Å²) in [4.78, 5) is 6.61. The van der Waals surface area contributed by atoms with E-state index in [2.05, 4.69) is 65.7 Å². The maximum Gasteiger partial charge on any atom is 0.191 e. The first kappa shape index (κ1) is 22.2. The number of benzene rings is 1. The lowest BCUT2D eigenvalue weighted by Gasteiger charge is -2.24. The van der Waals surface area contributed by atoms with E-state index in [9.17, 15) is 0 Å². The van der Waals surface area contributed by atoms with E-state index >= 15 is 0 Å². The predicted octanol–water partition coefficient (Wildman–Crippen LogP) is 2.99. The molecule has 1 fully saturated rings. The van der Waals surface area contributed by atoms with Crippen LogP contribution in [0.3, 0.4) is 0 Å². The van der Waals surface area contributed by atoms with Crippen molar-refractivity contribution < 1.29 is 4.74 Å². The van der Waals surface area contributed by atoms with Crippen LogP contribution in [0.1, 0.15) is 37.8 Å². The zero-order chi connectivity index (χ0) is 17.4. The maximum atomic E-state index is 5.81. The molecular weight excluding hydrogens is 427 g/mol. The summed E-state index contributed by atoms with van der Waals surface area (Å²) in [5, 5.41) is 6.77. The van der Waals surface area contributed by atoms with E-state index in [0.717, 1.165) is 51.6 Å². The smallest absolute Gasteiger partial charge is 0.191 e. The van der Waals surface area contributed by atoms with Crippen molar-refractivity contribution in [3.8, 4) is 0 Å². The van der Waals surface area contributed by atoms with Crippen molar-refractivity contribution in [1.82, 2.24) is 15.5 Å². The number of guanidine groups is 1. The minimum Gasteiger partial charge on any atom is -0.373 e. The highest BCUT2D eigenvalue weighted by Crippen LogP contribution is 2.23. The number of halogens is 1. The van der Waals surface area contributed by atoms with Crippen LogP contribution >= 0.6 is 24.0 Å². The Balaban J connectivity index is 0.00000312. The lowest BCUT2D eigenvalue weighted by molar-refractivity contribution is 0.0243. The zero-order valence-electron chi connectivity index (χ0n) is 16.0. The molecule has 2 rings (SSSR count). The number of nitrogens with zero attached hydrogens (tertiary/aromatic N) is 2. The topological polar surface area (TPSA) is 48.9 Å². The fourth-order valence-corrected chi connectivity index (χ4v) is 2.91. The van der Waals surface area contributed by atoms with Gasteiger partial charge in [-0.2, -0.15) is 0 Å². The van der Waals surface area contributed by atoms with Gasteiger partial charge in [0.25, 0.3) is 0 Å². The summed E-state index contributed by atoms with van der Waals surface area (Å²) >= 11 is 0. The molecule has 142 valence electrons. The highest BCUT2D eigenvalue weighted by atomic mass is 127. The first-order valence-electron chi connectivity index (χ1n) is 8.89. The van der Waals surface area contributed by atoms with Crippen LogP contribution < -0.4 is 10.6 Å². The summed E-state index contributed by atoms with van der Waals surface area (Å²) in [7, 11) is 3.95. The van der Waals surface area contributed by atoms with Crippen molar-refractivity contribution in [1.29, 1.82) is 0 Å². The molecule has 1 atom stereocenters. The second-order valence-corrected chi connectivity index (χ2v) is 6.83. The first-order valence-corrected chi connectivity index (χ1v) is 8.89. The number of nitrogens with one attached hydrogen (secondary N) is 2. The van der Waals surface area contributed by atoms with Gasteiger partial charge in [0.2, 0.25) is 0 Å². The fourth-order valence-electron chi connectivity index (χ4n) is 2.91. The van der Waals surface area contributed by atoms with Gasteiger partial charge in [-0.1, -0.05) is 31.2 Å². The second-order valence-electron chi connectivity index (χ2n) is 6.83. The normalized spacial score (nSPS) is 20.4. The monoisotopic (exact) mass is 460 g/mol. The summed E-state index contributed by atoms with van der Waals surface area (Å²) in [5.41, 5.74) is 2.54. The summed E-state index contributed by atoms with van der Waals surface area (Å²) in [6, 6.07) is 8.71. The van der Waals surface area contributed by atoms with Crippen LogP contribution in [-0.2, 0) is 17.8 Å². The van der Waals surface area contributed by atoms with E-state index in [1.54, 1.807) is 7.05 Å². The largest absolute Gasteiger partial charge is 0.373 e. The molecule has 0 bridgehead atoms. The van der Waals surface area contributed by atoms with Crippen molar-refractivity contribution in [3.63, 3.8) is 0 Å². The molecule has 0 aromatic heterocycles. The Kier molecular flexibility index (Phi) is 9.74. The Labute approximate surface area is 169 Å². The molecule has 1 unspecified atom stereocenters. The van der Waals surface area contributed by atoms with Gasteiger partial charge in [0.1, 0.15) is 0 Å². The van der Waals surface area contributed by atoms with Gasteiger partial charge in [0, 0.05) is 33.3 Å². The molecule has 5 nitrogen and oxygen atoms in total. The molecule has 1 heterocycles. The Morgan fingerprint density at radius 3 is 2.72 bits per heavy atom. The van der Waals surface area contributed by atoms with Gasteiger partial charge in [-0.15, -0.1) is 24.0 Å². The van der Waals surface area contributed by atoms with Crippen LogP contribution in [0.2, 0.25) is 0 Å². The van der Waals surface area contributed by atoms with E-state index in [0.29, 0.717) is 0 Å². The predicted molar refractivity (Wildman–Crippen MR) is 116 cm³/mol. The van der Waals surface area contributed by atoms with Crippen molar-refractivity contribution in [3.05, 3.63) is 35.4 Å². The van der Waals surface area contributed by atoms with E-state index < -0.39 is 0 Å². The summed E-state index contributed by atoms with van der Waals surface area (Å²) < 4.78 is 5.81. The van der Waals surface area contributed by atoms with Gasteiger partial charge >= 0.3 is 0 Å². The summed E-state index contributed by atoms with van der Waals surface area (Å²) in [5.74, 6) is 0.822. The molecule has 25 heavy (non-hydrogen) atoms. The van der Waals surface area contributed by atoms with Gasteiger partial charge in [-0.3, -0.25) is 4.99 Å². The average Bonchev–Trinajstić information content (AvgIpc) is 3.02. The van der Waals surface area contributed by atoms with E-state index in [-0.39, 0.29) is 29.6 Å². The highest BCUT2D eigenvalue weighted by Gasteiger charge is 2.29. The van der Waals surface area contributed by atoms with Gasteiger partial charge < -0.3 is 20.3 Å². The Morgan fingerprint density at radius 2 is 2.08 bits per heavy atom. The molecule has 0 spiro atoms. The Hall–Kier alpha value is -0.860. The molecule has 2 N–H and O–H groups in total. The SMILES string of the molecule is CCN(C)Cc1cccc(CNC(=NC)NCC2(C)CCCO2)c1.I. The van der Waals surface area contributed by atoms with Crippen molar-refractivity contribution in [2.45, 2.75) is 45.4 Å². The van der Waals surface area contributed by atoms with Crippen LogP contribution in [0, 0.1) is 0 Å². The molecule has 0 aliphatic carbocycles. The van der Waals surface area contributed by atoms with E-state index in [4.69, 9.17) is 4.74 Å². The number of hydrogen-bond donors (Lipinski definition) is 2. The van der Waals surface area contributed by atoms with Crippen molar-refractivity contribution >= 4 is 29.9 Å². The van der Waals surface area contributed by atoms with Crippen molar-refractivity contribution in [2.75, 3.05) is 33.8 Å². The standard InChI is InChI=1S/C19H32N4O.HI/c1-5-23(4)14-17-9-6-8-16(12-17)13-21-18(20-3)22-15-19(2)10-7-11-24-19;/h6,8-9,12H,5,7,10-11,13-15H2,1-4H3,(H2,20,21,22);1H. The van der Waals surface area contributed by atoms with Crippen LogP contribution in [0.4, 0.5) is 0 Å². The third-order valence-corrected chi connectivity index (χ3v) is 4.60. The molecular formula is C19H33IN4O. The average molecular weight is 460 g/mol. The Bertz CT molecular complexity index is 544. The lowest BCUT2D eigenvalue weighted by atomic mass is 10.0.